The first-order valence-corrected chi connectivity index (χ1v) is 13.1. The molecule has 0 aliphatic carbocycles. The minimum absolute atomic E-state index is 0.296. The van der Waals surface area contributed by atoms with Crippen molar-refractivity contribution in [2.45, 2.75) is 13.0 Å². The van der Waals surface area contributed by atoms with Gasteiger partial charge in [0.1, 0.15) is 11.5 Å². The van der Waals surface area contributed by atoms with Gasteiger partial charge in [-0.05, 0) is 67.3 Å². The number of rotatable bonds is 7. The van der Waals surface area contributed by atoms with Crippen molar-refractivity contribution in [1.29, 1.82) is 0 Å². The summed E-state index contributed by atoms with van der Waals surface area (Å²) < 4.78 is 4.75. The van der Waals surface area contributed by atoms with Crippen LogP contribution in [0.3, 0.4) is 0 Å². The van der Waals surface area contributed by atoms with Gasteiger partial charge in [-0.2, -0.15) is 5.10 Å². The first kappa shape index (κ1) is 24.3. The molecule has 6 rings (SSSR count). The largest absolute Gasteiger partial charge is 0.309 e. The number of carbonyl (C=O) groups is 2. The second-order valence-corrected chi connectivity index (χ2v) is 10.5. The number of nitrogens with zero attached hydrogens (tertiary/aromatic N) is 5. The third-order valence-electron chi connectivity index (χ3n) is 6.74. The highest BCUT2D eigenvalue weighted by Gasteiger charge is 2.36. The Balaban J connectivity index is 1.57. The SMILES string of the molecule is CN(C)CCCn1nc(C2=C(c3cn(-c4ccc(Br)cn4)c4ccccc34)C(=O)NC2=O)c2ccccc21. The lowest BCUT2D eigenvalue weighted by Gasteiger charge is -2.09. The summed E-state index contributed by atoms with van der Waals surface area (Å²) in [6.45, 7) is 1.62. The van der Waals surface area contributed by atoms with E-state index in [-0.39, 0.29) is 0 Å². The number of aromatic nitrogens is 4. The molecule has 4 heterocycles. The van der Waals surface area contributed by atoms with Gasteiger partial charge in [0.25, 0.3) is 11.8 Å². The van der Waals surface area contributed by atoms with Gasteiger partial charge < -0.3 is 9.47 Å². The number of para-hydroxylation sites is 2. The maximum atomic E-state index is 13.3. The van der Waals surface area contributed by atoms with Gasteiger partial charge in [-0.15, -0.1) is 0 Å². The number of aryl methyl sites for hydroxylation is 1. The lowest BCUT2D eigenvalue weighted by molar-refractivity contribution is -0.122. The van der Waals surface area contributed by atoms with Crippen LogP contribution in [0.1, 0.15) is 17.7 Å². The first-order valence-electron chi connectivity index (χ1n) is 12.4. The van der Waals surface area contributed by atoms with Gasteiger partial charge in [0, 0.05) is 39.7 Å². The number of hydrogen-bond donors (Lipinski definition) is 1. The standard InChI is InChI=1S/C29H25BrN6O2/c1-34(2)14-7-15-36-23-11-6-4-9-20(23)27(33-36)26-25(28(37)32-29(26)38)21-17-35(22-10-5-3-8-19(21)22)24-13-12-18(30)16-31-24/h3-6,8-13,16-17H,7,14-15H2,1-2H3,(H,32,37,38). The summed E-state index contributed by atoms with van der Waals surface area (Å²) in [4.78, 5) is 33.3. The van der Waals surface area contributed by atoms with E-state index < -0.39 is 11.8 Å². The highest BCUT2D eigenvalue weighted by molar-refractivity contribution is 9.10. The highest BCUT2D eigenvalue weighted by Crippen LogP contribution is 2.38. The molecule has 0 unspecified atom stereocenters. The molecule has 0 atom stereocenters. The van der Waals surface area contributed by atoms with Crippen molar-refractivity contribution in [2.75, 3.05) is 20.6 Å². The minimum atomic E-state index is -0.438. The number of hydrogen-bond acceptors (Lipinski definition) is 5. The van der Waals surface area contributed by atoms with E-state index in [0.29, 0.717) is 34.8 Å². The molecule has 0 spiro atoms. The molecule has 190 valence electrons. The van der Waals surface area contributed by atoms with E-state index in [1.807, 2.05) is 90.2 Å². The zero-order chi connectivity index (χ0) is 26.4. The minimum Gasteiger partial charge on any atom is -0.309 e. The van der Waals surface area contributed by atoms with Crippen LogP contribution in [0.25, 0.3) is 38.8 Å². The molecular weight excluding hydrogens is 544 g/mol. The normalized spacial score (nSPS) is 13.9. The van der Waals surface area contributed by atoms with Gasteiger partial charge in [0.2, 0.25) is 0 Å². The summed E-state index contributed by atoms with van der Waals surface area (Å²) in [5, 5.41) is 9.11. The summed E-state index contributed by atoms with van der Waals surface area (Å²) in [6, 6.07) is 19.5. The maximum Gasteiger partial charge on any atom is 0.261 e. The lowest BCUT2D eigenvalue weighted by atomic mass is 9.97. The first-order chi connectivity index (χ1) is 18.4. The van der Waals surface area contributed by atoms with Crippen LogP contribution in [0, 0.1) is 0 Å². The highest BCUT2D eigenvalue weighted by atomic mass is 79.9. The molecule has 9 heteroatoms. The molecule has 5 aromatic rings. The van der Waals surface area contributed by atoms with Gasteiger partial charge in [-0.3, -0.25) is 19.6 Å². The number of amides is 2. The van der Waals surface area contributed by atoms with Crippen molar-refractivity contribution >= 4 is 60.7 Å². The Morgan fingerprint density at radius 1 is 0.895 bits per heavy atom. The van der Waals surface area contributed by atoms with Crippen molar-refractivity contribution in [2.24, 2.45) is 0 Å². The smallest absolute Gasteiger partial charge is 0.261 e. The summed E-state index contributed by atoms with van der Waals surface area (Å²) in [5.74, 6) is -0.159. The Hall–Kier alpha value is -4.08. The summed E-state index contributed by atoms with van der Waals surface area (Å²) in [6.07, 6.45) is 4.52. The fourth-order valence-corrected chi connectivity index (χ4v) is 5.27. The monoisotopic (exact) mass is 568 g/mol. The van der Waals surface area contributed by atoms with Gasteiger partial charge in [0.05, 0.1) is 22.2 Å². The Kier molecular flexibility index (Phi) is 6.17. The second-order valence-electron chi connectivity index (χ2n) is 9.54. The van der Waals surface area contributed by atoms with Crippen LogP contribution in [0.4, 0.5) is 0 Å². The number of fused-ring (bicyclic) bond motifs is 2. The average Bonchev–Trinajstić information content (AvgIpc) is 3.55. The number of pyridine rings is 1. The zero-order valence-electron chi connectivity index (χ0n) is 21.0. The Morgan fingerprint density at radius 2 is 1.61 bits per heavy atom. The third kappa shape index (κ3) is 4.13. The molecule has 0 saturated heterocycles. The molecule has 0 saturated carbocycles. The fraction of sp³-hybridized carbons (Fsp3) is 0.172. The van der Waals surface area contributed by atoms with Gasteiger partial charge in [-0.25, -0.2) is 4.98 Å². The van der Waals surface area contributed by atoms with E-state index in [0.717, 1.165) is 39.2 Å². The van der Waals surface area contributed by atoms with E-state index >= 15 is 0 Å². The Bertz CT molecular complexity index is 1750. The molecule has 8 nitrogen and oxygen atoms in total. The van der Waals surface area contributed by atoms with E-state index in [1.54, 1.807) is 6.20 Å². The zero-order valence-corrected chi connectivity index (χ0v) is 22.6. The van der Waals surface area contributed by atoms with Crippen molar-refractivity contribution in [3.05, 3.63) is 88.8 Å². The summed E-state index contributed by atoms with van der Waals surface area (Å²) in [7, 11) is 4.08. The van der Waals surface area contributed by atoms with Crippen LogP contribution in [0.5, 0.6) is 0 Å². The second kappa shape index (κ2) is 9.66. The van der Waals surface area contributed by atoms with Crippen LogP contribution in [-0.4, -0.2) is 56.7 Å². The molecule has 2 amide bonds. The lowest BCUT2D eigenvalue weighted by Crippen LogP contribution is -2.22. The van der Waals surface area contributed by atoms with E-state index in [9.17, 15) is 9.59 Å². The van der Waals surface area contributed by atoms with Gasteiger partial charge >= 0.3 is 0 Å². The molecule has 38 heavy (non-hydrogen) atoms. The van der Waals surface area contributed by atoms with E-state index in [1.165, 1.54) is 0 Å². The molecule has 0 fully saturated rings. The van der Waals surface area contributed by atoms with Crippen LogP contribution >= 0.6 is 15.9 Å². The van der Waals surface area contributed by atoms with Crippen molar-refractivity contribution in [1.82, 2.24) is 29.5 Å². The van der Waals surface area contributed by atoms with Crippen molar-refractivity contribution < 1.29 is 9.59 Å². The molecule has 3 aromatic heterocycles. The summed E-state index contributed by atoms with van der Waals surface area (Å²) >= 11 is 3.44. The number of imide groups is 1. The number of carbonyl (C=O) groups excluding carboxylic acids is 2. The van der Waals surface area contributed by atoms with E-state index in [2.05, 4.69) is 31.1 Å². The third-order valence-corrected chi connectivity index (χ3v) is 7.21. The molecule has 1 aliphatic rings. The van der Waals surface area contributed by atoms with Crippen LogP contribution in [0.15, 0.2) is 77.5 Å². The quantitative estimate of drug-likeness (QED) is 0.289. The molecule has 2 aromatic carbocycles. The van der Waals surface area contributed by atoms with Crippen LogP contribution in [-0.2, 0) is 16.1 Å². The number of benzene rings is 2. The fourth-order valence-electron chi connectivity index (χ4n) is 5.04. The molecule has 1 aliphatic heterocycles. The predicted octanol–water partition coefficient (Wildman–Crippen LogP) is 4.66. The molecular formula is C29H25BrN6O2. The predicted molar refractivity (Wildman–Crippen MR) is 152 cm³/mol. The average molecular weight is 569 g/mol. The van der Waals surface area contributed by atoms with Crippen LogP contribution in [0.2, 0.25) is 0 Å². The molecule has 0 radical (unpaired) electrons. The Labute approximate surface area is 227 Å². The van der Waals surface area contributed by atoms with Gasteiger partial charge in [-0.1, -0.05) is 36.4 Å². The maximum absolute atomic E-state index is 13.3. The van der Waals surface area contributed by atoms with Crippen molar-refractivity contribution in [3.8, 4) is 5.82 Å². The molecule has 1 N–H and O–H groups in total. The number of halogens is 1. The van der Waals surface area contributed by atoms with Crippen molar-refractivity contribution in [3.63, 3.8) is 0 Å². The number of nitrogens with one attached hydrogen (secondary N) is 1. The molecule has 0 bridgehead atoms. The topological polar surface area (TPSA) is 85.1 Å². The summed E-state index contributed by atoms with van der Waals surface area (Å²) in [5.41, 5.74) is 3.62. The van der Waals surface area contributed by atoms with Gasteiger partial charge in [0.15, 0.2) is 0 Å². The van der Waals surface area contributed by atoms with E-state index in [4.69, 9.17) is 5.10 Å². The van der Waals surface area contributed by atoms with Crippen LogP contribution < -0.4 is 5.32 Å². The Morgan fingerprint density at radius 3 is 2.34 bits per heavy atom.